The molecule has 34 heteroatoms. The molecule has 2 aromatic carbocycles. The highest BCUT2D eigenvalue weighted by atomic mass is 32.2. The maximum Gasteiger partial charge on any atom is 0.336 e. The highest BCUT2D eigenvalue weighted by molar-refractivity contribution is 7.90. The minimum absolute atomic E-state index is 0.0275. The van der Waals surface area contributed by atoms with E-state index >= 15 is 8.42 Å². The van der Waals surface area contributed by atoms with Gasteiger partial charge in [-0.3, -0.25) is 42.6 Å². The number of Topliss-reactive ketones (excluding diaryl/α,β-unsaturated/α-hetero) is 2. The van der Waals surface area contributed by atoms with Gasteiger partial charge in [-0.1, -0.05) is 18.2 Å². The Bertz CT molecular complexity index is 3770. The van der Waals surface area contributed by atoms with Crippen molar-refractivity contribution in [2.45, 2.75) is 88.6 Å². The summed E-state index contributed by atoms with van der Waals surface area (Å²) < 4.78 is 173. The van der Waals surface area contributed by atoms with E-state index in [-0.39, 0.29) is 75.7 Å². The van der Waals surface area contributed by atoms with E-state index in [0.29, 0.717) is 5.06 Å². The molecule has 2 aromatic rings. The van der Waals surface area contributed by atoms with Gasteiger partial charge in [0.25, 0.3) is 42.2 Å². The summed E-state index contributed by atoms with van der Waals surface area (Å²) in [6.07, 6.45) is -2.38. The number of aryl methyl sites for hydroxylation is 2. The molecule has 432 valence electrons. The zero-order valence-corrected chi connectivity index (χ0v) is 46.5. The smallest absolute Gasteiger partial charge is 0.336 e. The molecule has 0 saturated carbocycles. The molecule has 3 heterocycles. The van der Waals surface area contributed by atoms with Crippen molar-refractivity contribution >= 4 is 108 Å². The summed E-state index contributed by atoms with van der Waals surface area (Å²) in [5.74, 6) is -15.4. The number of nitrogens with one attached hydrogen (secondary N) is 4. The van der Waals surface area contributed by atoms with Crippen LogP contribution in [0.1, 0.15) is 74.4 Å². The first-order chi connectivity index (χ1) is 36.5. The second-order valence-corrected chi connectivity index (χ2v) is 25.7. The van der Waals surface area contributed by atoms with Crippen LogP contribution in [0.4, 0.5) is 5.69 Å². The maximum absolute atomic E-state index is 15.1. The second-order valence-electron chi connectivity index (χ2n) is 17.8. The number of anilines is 1. The molecule has 8 N–H and O–H groups in total. The quantitative estimate of drug-likeness (QED) is 0.0544. The first-order valence-electron chi connectivity index (χ1n) is 23.4. The number of nitrogens with zero attached hydrogens (tertiary/aromatic N) is 2. The number of benzene rings is 3. The molecular weight excluding hydrogens is 1150 g/mol. The van der Waals surface area contributed by atoms with E-state index in [4.69, 9.17) is 4.42 Å². The number of carboxylic acid groups (broad SMARTS) is 1. The molecule has 0 aromatic heterocycles. The zero-order chi connectivity index (χ0) is 59.3. The molecule has 3 aliphatic heterocycles. The number of aromatic carboxylic acids is 1. The molecule has 1 saturated heterocycles. The molecule has 3 unspecified atom stereocenters. The molecule has 1 aliphatic carbocycles. The van der Waals surface area contributed by atoms with E-state index in [1.807, 2.05) is 10.0 Å². The Morgan fingerprint density at radius 2 is 1.39 bits per heavy atom. The third kappa shape index (κ3) is 15.8. The van der Waals surface area contributed by atoms with E-state index in [1.165, 1.54) is 50.2 Å². The van der Waals surface area contributed by atoms with E-state index in [2.05, 4.69) is 19.9 Å². The zero-order valence-electron chi connectivity index (χ0n) is 42.5. The number of amides is 3. The summed E-state index contributed by atoms with van der Waals surface area (Å²) in [7, 11) is -26.2. The lowest BCUT2D eigenvalue weighted by atomic mass is 9.89. The van der Waals surface area contributed by atoms with Gasteiger partial charge in [-0.25, -0.2) is 31.1 Å². The molecule has 3 amide bonds. The molecule has 1 fully saturated rings. The molecule has 79 heavy (non-hydrogen) atoms. The van der Waals surface area contributed by atoms with Crippen LogP contribution >= 0.6 is 0 Å². The van der Waals surface area contributed by atoms with Gasteiger partial charge in [0.15, 0.2) is 27.8 Å². The fraction of sp³-hybridized carbons (Fsp3) is 0.422. The van der Waals surface area contributed by atoms with Gasteiger partial charge in [0.05, 0.1) is 40.1 Å². The van der Waals surface area contributed by atoms with Gasteiger partial charge in [0.2, 0.25) is 26.0 Å². The Morgan fingerprint density at radius 3 is 1.95 bits per heavy atom. The van der Waals surface area contributed by atoms with Gasteiger partial charge < -0.3 is 25.0 Å². The molecule has 0 radical (unpaired) electrons. The minimum Gasteiger partial charge on any atom is -0.478 e. The lowest BCUT2D eigenvalue weighted by Gasteiger charge is -2.25. The largest absolute Gasteiger partial charge is 0.478 e. The van der Waals surface area contributed by atoms with Crippen LogP contribution in [0.15, 0.2) is 55.6 Å². The normalized spacial score (nSPS) is 20.0. The van der Waals surface area contributed by atoms with Crippen molar-refractivity contribution < 1.29 is 104 Å². The molecular formula is C45H54N6O23S5. The Morgan fingerprint density at radius 1 is 0.797 bits per heavy atom. The van der Waals surface area contributed by atoms with Crippen molar-refractivity contribution in [1.29, 1.82) is 0 Å². The first-order valence-corrected chi connectivity index (χ1v) is 31.2. The standard InChI is InChI=1S/C39H47N5O19S5.C6H7NO4/c1-5-40-32-20(3)14-25-31(23-10-7-8-11-24(23)39(48)49)26-15-21(4)33(41-6-2)37-35(26)63-34(25)36(32)67(59,60)42-13-9-12-29(45)27(18-65(53,54)55)43-38(47)22(17-64(50,51)52)16-30(46)28(19-66(56,57)58)44-68(37,61)62;1-4(8)11-7-5(9)2-3-6(7)10/h7-8,10-11,14-15,22,27-28,41-42,44H,5-6,9,12-13,16-19H2,1-4H3,(H,43,47)(H,48,49)(H,50,51,52)(H,53,54,55)(H,56,57,58);2-3H2,1H3. The number of hydrogen-bond acceptors (Lipinski definition) is 21. The van der Waals surface area contributed by atoms with Crippen molar-refractivity contribution in [3.05, 3.63) is 58.4 Å². The van der Waals surface area contributed by atoms with Crippen molar-refractivity contribution in [2.24, 2.45) is 10.9 Å². The van der Waals surface area contributed by atoms with Crippen LogP contribution in [0.2, 0.25) is 0 Å². The summed E-state index contributed by atoms with van der Waals surface area (Å²) in [6.45, 7) is 6.50. The van der Waals surface area contributed by atoms with Crippen LogP contribution in [0, 0.1) is 19.8 Å². The SMILES string of the molecule is CC(=O)ON1C(=O)CCC1=O.CCN=c1c(C)cc2c(-c3ccccc3C(=O)O)c3cc(C)c(NCC)c4c3oc-2c1S(=O)(=O)NCCCC(=O)C(CS(=O)(=O)O)NC(=O)C(CS(=O)(=O)O)CC(=O)C(CS(=O)(=O)O)NS4(=O)=O. The molecule has 4 aliphatic rings. The molecule has 0 spiro atoms. The average molecular weight is 1210 g/mol. The molecule has 6 rings (SSSR count). The fourth-order valence-electron chi connectivity index (χ4n) is 8.52. The van der Waals surface area contributed by atoms with Gasteiger partial charge in [0, 0.05) is 68.8 Å². The lowest BCUT2D eigenvalue weighted by molar-refractivity contribution is -0.195. The topological polar surface area (TPSA) is 457 Å². The minimum atomic E-state index is -5.51. The van der Waals surface area contributed by atoms with Crippen LogP contribution in [-0.4, -0.2) is 156 Å². The van der Waals surface area contributed by atoms with E-state index < -0.39 is 174 Å². The van der Waals surface area contributed by atoms with E-state index in [0.717, 1.165) is 6.92 Å². The summed E-state index contributed by atoms with van der Waals surface area (Å²) in [5, 5.41) is 15.3. The summed E-state index contributed by atoms with van der Waals surface area (Å²) in [4.78, 5) is 92.9. The Balaban J connectivity index is 0.000000928. The van der Waals surface area contributed by atoms with Crippen molar-refractivity contribution in [3.63, 3.8) is 0 Å². The maximum atomic E-state index is 15.1. The van der Waals surface area contributed by atoms with Gasteiger partial charge in [-0.05, 0) is 69.0 Å². The van der Waals surface area contributed by atoms with Crippen LogP contribution in [-0.2, 0) is 84.0 Å². The fourth-order valence-corrected chi connectivity index (χ4v) is 13.8. The van der Waals surface area contributed by atoms with E-state index in [9.17, 15) is 86.0 Å². The monoisotopic (exact) mass is 1210 g/mol. The number of ketones is 2. The van der Waals surface area contributed by atoms with Crippen molar-refractivity contribution in [2.75, 3.05) is 42.2 Å². The third-order valence-electron chi connectivity index (χ3n) is 11.7. The van der Waals surface area contributed by atoms with E-state index in [1.54, 1.807) is 13.8 Å². The average Bonchev–Trinajstić information content (AvgIpc) is 3.76. The number of hydroxylamine groups is 2. The Kier molecular flexibility index (Phi) is 19.8. The first kappa shape index (κ1) is 63.2. The van der Waals surface area contributed by atoms with Gasteiger partial charge >= 0.3 is 11.9 Å². The Labute approximate surface area is 452 Å². The van der Waals surface area contributed by atoms with Gasteiger partial charge in [-0.15, -0.1) is 5.06 Å². The molecule has 3 atom stereocenters. The number of rotatable bonds is 12. The van der Waals surface area contributed by atoms with Crippen molar-refractivity contribution in [3.8, 4) is 22.5 Å². The molecule has 29 nitrogen and oxygen atoms in total. The number of carboxylic acids is 1. The predicted octanol–water partition coefficient (Wildman–Crippen LogP) is 0.497. The highest BCUT2D eigenvalue weighted by Crippen LogP contribution is 2.47. The van der Waals surface area contributed by atoms with Gasteiger partial charge in [-0.2, -0.15) is 30.0 Å². The number of imide groups is 1. The highest BCUT2D eigenvalue weighted by Gasteiger charge is 2.40. The number of hydrogen-bond donors (Lipinski definition) is 8. The lowest BCUT2D eigenvalue weighted by Crippen LogP contribution is -2.50. The number of sulfonamides is 2. The van der Waals surface area contributed by atoms with Gasteiger partial charge in [0.1, 0.15) is 16.7 Å². The number of carbonyl (C=O) groups is 7. The number of carbonyl (C=O) groups excluding carboxylic acids is 6. The Hall–Kier alpha value is -6.63. The third-order valence-corrected chi connectivity index (χ3v) is 17.1. The second kappa shape index (κ2) is 24.8. The predicted molar refractivity (Wildman–Crippen MR) is 276 cm³/mol. The van der Waals surface area contributed by atoms with Crippen LogP contribution in [0.5, 0.6) is 0 Å². The van der Waals surface area contributed by atoms with Crippen LogP contribution in [0.25, 0.3) is 33.4 Å². The van der Waals surface area contributed by atoms with Crippen LogP contribution < -0.4 is 25.4 Å². The van der Waals surface area contributed by atoms with Crippen molar-refractivity contribution in [1.82, 2.24) is 19.8 Å². The summed E-state index contributed by atoms with van der Waals surface area (Å²) in [6, 6.07) is 3.44. The summed E-state index contributed by atoms with van der Waals surface area (Å²) >= 11 is 0. The van der Waals surface area contributed by atoms with Crippen LogP contribution in [0.3, 0.4) is 0 Å². The summed E-state index contributed by atoms with van der Waals surface area (Å²) in [5.41, 5.74) is -1.27. The molecule has 2 bridgehead atoms.